The van der Waals surface area contributed by atoms with Crippen molar-refractivity contribution in [3.05, 3.63) is 54.1 Å². The lowest BCUT2D eigenvalue weighted by atomic mass is 9.87. The van der Waals surface area contributed by atoms with Gasteiger partial charge in [-0.15, -0.1) is 0 Å². The molecule has 0 saturated carbocycles. The first-order valence-electron chi connectivity index (χ1n) is 11.9. The van der Waals surface area contributed by atoms with Gasteiger partial charge in [0.15, 0.2) is 6.10 Å². The Kier molecular flexibility index (Phi) is 8.60. The Balaban J connectivity index is 1.42. The van der Waals surface area contributed by atoms with Crippen molar-refractivity contribution in [3.8, 4) is 11.5 Å². The summed E-state index contributed by atoms with van der Waals surface area (Å²) in [5.41, 5.74) is 1.26. The van der Waals surface area contributed by atoms with Crippen LogP contribution < -0.4 is 14.8 Å². The van der Waals surface area contributed by atoms with E-state index in [4.69, 9.17) is 9.47 Å². The smallest absolute Gasteiger partial charge is 0.260 e. The van der Waals surface area contributed by atoms with Crippen LogP contribution in [0, 0.1) is 0 Å². The van der Waals surface area contributed by atoms with Crippen molar-refractivity contribution in [2.24, 2.45) is 0 Å². The molecular formula is C26H36N2O5S. The Bertz CT molecular complexity index is 1040. The molecule has 3 rings (SSSR count). The number of nitrogens with zero attached hydrogens (tertiary/aromatic N) is 1. The molecule has 8 heteroatoms. The van der Waals surface area contributed by atoms with Crippen molar-refractivity contribution in [1.82, 2.24) is 9.62 Å². The van der Waals surface area contributed by atoms with Crippen molar-refractivity contribution in [2.75, 3.05) is 26.2 Å². The predicted octanol–water partition coefficient (Wildman–Crippen LogP) is 4.12. The molecular weight excluding hydrogens is 452 g/mol. The lowest BCUT2D eigenvalue weighted by Gasteiger charge is -2.25. The molecule has 1 fully saturated rings. The molecule has 2 aromatic carbocycles. The highest BCUT2D eigenvalue weighted by molar-refractivity contribution is 7.89. The third-order valence-corrected chi connectivity index (χ3v) is 7.76. The van der Waals surface area contributed by atoms with Crippen LogP contribution in [0.3, 0.4) is 0 Å². The summed E-state index contributed by atoms with van der Waals surface area (Å²) >= 11 is 0. The Labute approximate surface area is 203 Å². The number of ether oxygens (including phenoxy) is 2. The molecule has 0 bridgehead atoms. The predicted molar refractivity (Wildman–Crippen MR) is 133 cm³/mol. The van der Waals surface area contributed by atoms with Gasteiger partial charge in [-0.25, -0.2) is 8.42 Å². The van der Waals surface area contributed by atoms with Crippen LogP contribution in [0.15, 0.2) is 53.4 Å². The monoisotopic (exact) mass is 488 g/mol. The van der Waals surface area contributed by atoms with E-state index in [0.717, 1.165) is 19.3 Å². The fraction of sp³-hybridized carbons (Fsp3) is 0.500. The fourth-order valence-corrected chi connectivity index (χ4v) is 5.26. The van der Waals surface area contributed by atoms with E-state index in [9.17, 15) is 13.2 Å². The second kappa shape index (κ2) is 11.2. The molecule has 0 aromatic heterocycles. The summed E-state index contributed by atoms with van der Waals surface area (Å²) in [7, 11) is -3.45. The van der Waals surface area contributed by atoms with Crippen LogP contribution in [-0.4, -0.2) is 51.0 Å². The summed E-state index contributed by atoms with van der Waals surface area (Å²) in [6, 6.07) is 14.2. The maximum atomic E-state index is 12.7. The number of nitrogens with one attached hydrogen (secondary N) is 1. The van der Waals surface area contributed by atoms with Crippen molar-refractivity contribution < 1.29 is 22.7 Å². The first-order chi connectivity index (χ1) is 16.1. The van der Waals surface area contributed by atoms with Gasteiger partial charge < -0.3 is 14.8 Å². The molecule has 34 heavy (non-hydrogen) atoms. The number of hydrogen-bond acceptors (Lipinski definition) is 5. The third kappa shape index (κ3) is 6.96. The second-order valence-electron chi connectivity index (χ2n) is 9.61. The molecule has 1 saturated heterocycles. The van der Waals surface area contributed by atoms with Crippen molar-refractivity contribution >= 4 is 15.9 Å². The van der Waals surface area contributed by atoms with Gasteiger partial charge in [0.05, 0.1) is 11.4 Å². The summed E-state index contributed by atoms with van der Waals surface area (Å²) < 4.78 is 38.4. The zero-order chi connectivity index (χ0) is 24.8. The first-order valence-corrected chi connectivity index (χ1v) is 13.3. The van der Waals surface area contributed by atoms with Gasteiger partial charge in [-0.1, -0.05) is 39.3 Å². The van der Waals surface area contributed by atoms with Crippen LogP contribution in [0.5, 0.6) is 11.5 Å². The van der Waals surface area contributed by atoms with Crippen LogP contribution in [0.2, 0.25) is 0 Å². The van der Waals surface area contributed by atoms with E-state index < -0.39 is 16.1 Å². The lowest BCUT2D eigenvalue weighted by molar-refractivity contribution is -0.127. The van der Waals surface area contributed by atoms with Crippen molar-refractivity contribution in [3.63, 3.8) is 0 Å². The molecule has 186 valence electrons. The third-order valence-electron chi connectivity index (χ3n) is 5.85. The minimum Gasteiger partial charge on any atom is -0.492 e. The number of carbonyl (C=O) groups excluding carboxylic acids is 1. The lowest BCUT2D eigenvalue weighted by Crippen LogP contribution is -2.38. The first kappa shape index (κ1) is 26.0. The number of rotatable bonds is 9. The van der Waals surface area contributed by atoms with Crippen LogP contribution in [0.4, 0.5) is 0 Å². The maximum absolute atomic E-state index is 12.7. The Morgan fingerprint density at radius 1 is 0.971 bits per heavy atom. The van der Waals surface area contributed by atoms with Crippen molar-refractivity contribution in [2.45, 2.75) is 63.4 Å². The van der Waals surface area contributed by atoms with Gasteiger partial charge >= 0.3 is 0 Å². The van der Waals surface area contributed by atoms with E-state index >= 15 is 0 Å². The molecule has 0 unspecified atom stereocenters. The highest BCUT2D eigenvalue weighted by Crippen LogP contribution is 2.25. The average Bonchev–Trinajstić information content (AvgIpc) is 2.82. The summed E-state index contributed by atoms with van der Waals surface area (Å²) in [6.07, 6.45) is 2.24. The molecule has 1 aliphatic heterocycles. The normalized spacial score (nSPS) is 16.0. The van der Waals surface area contributed by atoms with Crippen LogP contribution >= 0.6 is 0 Å². The summed E-state index contributed by atoms with van der Waals surface area (Å²) in [6.45, 7) is 9.86. The molecule has 1 aliphatic rings. The van der Waals surface area contributed by atoms with E-state index in [-0.39, 0.29) is 22.8 Å². The highest BCUT2D eigenvalue weighted by atomic mass is 32.2. The van der Waals surface area contributed by atoms with Crippen molar-refractivity contribution in [1.29, 1.82) is 0 Å². The highest BCUT2D eigenvalue weighted by Gasteiger charge is 2.25. The van der Waals surface area contributed by atoms with Gasteiger partial charge in [0.1, 0.15) is 18.1 Å². The molecule has 2 aromatic rings. The molecule has 1 atom stereocenters. The van der Waals surface area contributed by atoms with Crippen LogP contribution in [0.25, 0.3) is 0 Å². The van der Waals surface area contributed by atoms with E-state index in [1.54, 1.807) is 35.5 Å². The van der Waals surface area contributed by atoms with Gasteiger partial charge in [0.25, 0.3) is 5.91 Å². The summed E-state index contributed by atoms with van der Waals surface area (Å²) in [4.78, 5) is 12.6. The van der Waals surface area contributed by atoms with E-state index in [2.05, 4.69) is 26.1 Å². The van der Waals surface area contributed by atoms with Gasteiger partial charge in [-0.2, -0.15) is 4.31 Å². The zero-order valence-electron chi connectivity index (χ0n) is 20.5. The molecule has 7 nitrogen and oxygen atoms in total. The molecule has 1 amide bonds. The molecule has 0 aliphatic carbocycles. The molecule has 1 heterocycles. The van der Waals surface area contributed by atoms with Crippen LogP contribution in [-0.2, 0) is 20.2 Å². The number of piperidine rings is 1. The standard InChI is InChI=1S/C26H36N2O5S/c1-20(33-23-10-8-21(9-11-23)26(2,3)4)25(29)27-16-19-32-22-12-14-24(15-13-22)34(30,31)28-17-6-5-7-18-28/h8-15,20H,5-7,16-19H2,1-4H3,(H,27,29)/t20-/m0/s1. The molecule has 0 spiro atoms. The minimum atomic E-state index is -3.45. The number of hydrogen-bond donors (Lipinski definition) is 1. The number of sulfonamides is 1. The van der Waals surface area contributed by atoms with Gasteiger partial charge in [0, 0.05) is 13.1 Å². The second-order valence-corrected chi connectivity index (χ2v) is 11.5. The van der Waals surface area contributed by atoms with Gasteiger partial charge in [-0.05, 0) is 67.1 Å². The number of benzene rings is 2. The van der Waals surface area contributed by atoms with Gasteiger partial charge in [-0.3, -0.25) is 4.79 Å². The Hall–Kier alpha value is -2.58. The van der Waals surface area contributed by atoms with E-state index in [0.29, 0.717) is 31.1 Å². The number of amides is 1. The summed E-state index contributed by atoms with van der Waals surface area (Å²) in [5, 5.41) is 2.80. The topological polar surface area (TPSA) is 84.9 Å². The Morgan fingerprint density at radius 3 is 2.15 bits per heavy atom. The Morgan fingerprint density at radius 2 is 1.56 bits per heavy atom. The van der Waals surface area contributed by atoms with E-state index in [1.807, 2.05) is 24.3 Å². The quantitative estimate of drug-likeness (QED) is 0.537. The maximum Gasteiger partial charge on any atom is 0.260 e. The van der Waals surface area contributed by atoms with E-state index in [1.165, 1.54) is 5.56 Å². The number of carbonyl (C=O) groups is 1. The van der Waals surface area contributed by atoms with Gasteiger partial charge in [0.2, 0.25) is 10.0 Å². The molecule has 0 radical (unpaired) electrons. The zero-order valence-corrected chi connectivity index (χ0v) is 21.4. The minimum absolute atomic E-state index is 0.0589. The van der Waals surface area contributed by atoms with Crippen LogP contribution in [0.1, 0.15) is 52.5 Å². The largest absolute Gasteiger partial charge is 0.492 e. The fourth-order valence-electron chi connectivity index (χ4n) is 3.74. The molecule has 1 N–H and O–H groups in total. The average molecular weight is 489 g/mol. The SMILES string of the molecule is C[C@H](Oc1ccc(C(C)(C)C)cc1)C(=O)NCCOc1ccc(S(=O)(=O)N2CCCCC2)cc1. The summed E-state index contributed by atoms with van der Waals surface area (Å²) in [5.74, 6) is 0.966.